The maximum absolute atomic E-state index is 11.8. The molecule has 38 heavy (non-hydrogen) atoms. The quantitative estimate of drug-likeness (QED) is 0.260. The number of nitrogens with zero attached hydrogens (tertiary/aromatic N) is 1. The number of amides is 1. The number of nitrogens with one attached hydrogen (secondary N) is 2. The molecule has 9 heteroatoms. The largest absolute Gasteiger partial charge is 0.497 e. The molecule has 0 saturated heterocycles. The molecule has 3 aromatic rings. The van der Waals surface area contributed by atoms with Crippen molar-refractivity contribution < 1.29 is 9.53 Å². The molecule has 0 bridgehead atoms. The van der Waals surface area contributed by atoms with Crippen molar-refractivity contribution in [3.63, 3.8) is 0 Å². The van der Waals surface area contributed by atoms with E-state index in [4.69, 9.17) is 16.2 Å². The van der Waals surface area contributed by atoms with Crippen molar-refractivity contribution in [1.82, 2.24) is 4.72 Å². The average Bonchev–Trinajstić information content (AvgIpc) is 3.26. The molecular formula is C29H35N5O2S2. The minimum absolute atomic E-state index is 0.0510. The Morgan fingerprint density at radius 2 is 1.92 bits per heavy atom. The first-order valence-corrected chi connectivity index (χ1v) is 14.1. The van der Waals surface area contributed by atoms with Crippen molar-refractivity contribution in [3.8, 4) is 5.75 Å². The van der Waals surface area contributed by atoms with Crippen LogP contribution in [0.3, 0.4) is 0 Å². The lowest BCUT2D eigenvalue weighted by Crippen LogP contribution is -2.44. The summed E-state index contributed by atoms with van der Waals surface area (Å²) in [6, 6.07) is 22.5. The Kier molecular flexibility index (Phi) is 9.27. The number of carbonyl (C=O) groups is 1. The van der Waals surface area contributed by atoms with E-state index in [2.05, 4.69) is 58.4 Å². The van der Waals surface area contributed by atoms with Crippen LogP contribution in [0.4, 0.5) is 11.4 Å². The van der Waals surface area contributed by atoms with Crippen molar-refractivity contribution in [1.29, 1.82) is 0 Å². The number of nitrogens with two attached hydrogens (primary N) is 2. The van der Waals surface area contributed by atoms with E-state index in [0.29, 0.717) is 0 Å². The molecule has 0 radical (unpaired) electrons. The number of fused-ring (bicyclic) bond motifs is 1. The van der Waals surface area contributed by atoms with Gasteiger partial charge >= 0.3 is 0 Å². The van der Waals surface area contributed by atoms with Gasteiger partial charge in [0.25, 0.3) is 0 Å². The van der Waals surface area contributed by atoms with Gasteiger partial charge in [0.2, 0.25) is 5.91 Å². The number of likely N-dealkylation sites (N-methyl/N-ethyl adjacent to an activating group) is 1. The molecule has 1 amide bonds. The van der Waals surface area contributed by atoms with Gasteiger partial charge in [-0.25, -0.2) is 0 Å². The number of anilines is 2. The maximum Gasteiger partial charge on any atom is 0.238 e. The van der Waals surface area contributed by atoms with Crippen molar-refractivity contribution in [2.75, 3.05) is 30.9 Å². The van der Waals surface area contributed by atoms with Gasteiger partial charge in [0, 0.05) is 28.2 Å². The van der Waals surface area contributed by atoms with Crippen LogP contribution in [0.2, 0.25) is 0 Å². The summed E-state index contributed by atoms with van der Waals surface area (Å²) in [7, 11) is 3.83. The number of ether oxygens (including phenoxy) is 1. The lowest BCUT2D eigenvalue weighted by Gasteiger charge is -2.30. The standard InChI is InChI=1S/C29H35N5O2S2/c1-18(2)28(31)20-8-5-7-19(13-20)14-24(29-34(3)25-12-11-22(36-4)16-26(25)37-29)33-38-23-10-6-9-21(15-23)32-27(35)17-30/h5-13,15-16,24,29,33H,14,17,30-31H2,1-4H3,(H,32,35). The number of hydrogen-bond acceptors (Lipinski definition) is 8. The van der Waals surface area contributed by atoms with Crippen LogP contribution in [0.5, 0.6) is 5.75 Å². The van der Waals surface area contributed by atoms with Crippen LogP contribution in [-0.2, 0) is 11.2 Å². The second-order valence-electron chi connectivity index (χ2n) is 9.38. The molecule has 1 aliphatic rings. The summed E-state index contributed by atoms with van der Waals surface area (Å²) in [5, 5.41) is 2.97. The number of carbonyl (C=O) groups excluding carboxylic acids is 1. The third-order valence-electron chi connectivity index (χ3n) is 6.38. The molecule has 2 atom stereocenters. The van der Waals surface area contributed by atoms with Gasteiger partial charge in [-0.2, -0.15) is 0 Å². The van der Waals surface area contributed by atoms with Crippen LogP contribution in [0.1, 0.15) is 25.0 Å². The Morgan fingerprint density at radius 1 is 1.13 bits per heavy atom. The summed E-state index contributed by atoms with van der Waals surface area (Å²) < 4.78 is 9.20. The lowest BCUT2D eigenvalue weighted by atomic mass is 10.0. The van der Waals surface area contributed by atoms with Crippen LogP contribution in [0, 0.1) is 0 Å². The monoisotopic (exact) mass is 549 g/mol. The number of allylic oxidation sites excluding steroid dienone is 1. The summed E-state index contributed by atoms with van der Waals surface area (Å²) in [5.41, 5.74) is 17.9. The van der Waals surface area contributed by atoms with Crippen LogP contribution >= 0.6 is 23.7 Å². The molecule has 1 aliphatic heterocycles. The van der Waals surface area contributed by atoms with Gasteiger partial charge in [0.05, 0.1) is 30.8 Å². The number of thioether (sulfide) groups is 1. The molecule has 4 rings (SSSR count). The van der Waals surface area contributed by atoms with E-state index in [9.17, 15) is 4.79 Å². The molecule has 0 fully saturated rings. The summed E-state index contributed by atoms with van der Waals surface area (Å²) in [6.07, 6.45) is 0.799. The predicted octanol–water partition coefficient (Wildman–Crippen LogP) is 5.08. The van der Waals surface area contributed by atoms with Crippen molar-refractivity contribution in [2.45, 2.75) is 41.5 Å². The zero-order valence-corrected chi connectivity index (χ0v) is 23.8. The van der Waals surface area contributed by atoms with Gasteiger partial charge in [-0.05, 0) is 85.8 Å². The fraction of sp³-hybridized carbons (Fsp3) is 0.276. The van der Waals surface area contributed by atoms with Crippen molar-refractivity contribution in [3.05, 3.63) is 83.4 Å². The Balaban J connectivity index is 1.59. The van der Waals surface area contributed by atoms with E-state index in [0.717, 1.165) is 39.6 Å². The Hall–Kier alpha value is -3.11. The molecule has 0 aliphatic carbocycles. The highest BCUT2D eigenvalue weighted by molar-refractivity contribution is 8.00. The van der Waals surface area contributed by atoms with Gasteiger partial charge < -0.3 is 26.4 Å². The number of benzene rings is 3. The first kappa shape index (κ1) is 27.9. The van der Waals surface area contributed by atoms with Crippen LogP contribution in [-0.4, -0.2) is 38.0 Å². The average molecular weight is 550 g/mol. The molecule has 0 saturated carbocycles. The molecule has 6 N–H and O–H groups in total. The van der Waals surface area contributed by atoms with Gasteiger partial charge in [0.1, 0.15) is 5.75 Å². The SMILES string of the molecule is COc1ccc2c(c1)SC(C(Cc1cccc(C(N)=C(C)C)c1)NSc1cccc(NC(=O)CN)c1)N2C. The van der Waals surface area contributed by atoms with Gasteiger partial charge in [-0.1, -0.05) is 41.6 Å². The summed E-state index contributed by atoms with van der Waals surface area (Å²) in [6.45, 7) is 4.01. The van der Waals surface area contributed by atoms with E-state index in [1.54, 1.807) is 19.1 Å². The van der Waals surface area contributed by atoms with E-state index >= 15 is 0 Å². The lowest BCUT2D eigenvalue weighted by molar-refractivity contribution is -0.114. The minimum Gasteiger partial charge on any atom is -0.497 e. The molecule has 3 aromatic carbocycles. The Bertz CT molecular complexity index is 1330. The second-order valence-corrected chi connectivity index (χ2v) is 11.4. The molecular weight excluding hydrogens is 514 g/mol. The molecule has 0 spiro atoms. The molecule has 7 nitrogen and oxygen atoms in total. The number of hydrogen-bond donors (Lipinski definition) is 4. The molecule has 0 aromatic heterocycles. The second kappa shape index (κ2) is 12.6. The highest BCUT2D eigenvalue weighted by Crippen LogP contribution is 2.46. The van der Waals surface area contributed by atoms with Gasteiger partial charge in [-0.3, -0.25) is 9.52 Å². The predicted molar refractivity (Wildman–Crippen MR) is 161 cm³/mol. The minimum atomic E-state index is -0.217. The van der Waals surface area contributed by atoms with E-state index in [1.807, 2.05) is 55.9 Å². The van der Waals surface area contributed by atoms with E-state index in [-0.39, 0.29) is 23.9 Å². The van der Waals surface area contributed by atoms with Gasteiger partial charge in [-0.15, -0.1) is 0 Å². The maximum atomic E-state index is 11.8. The van der Waals surface area contributed by atoms with Gasteiger partial charge in [0.15, 0.2) is 0 Å². The van der Waals surface area contributed by atoms with Crippen LogP contribution in [0.25, 0.3) is 5.70 Å². The smallest absolute Gasteiger partial charge is 0.238 e. The first-order valence-electron chi connectivity index (χ1n) is 12.4. The molecule has 2 unspecified atom stereocenters. The fourth-order valence-corrected chi connectivity index (χ4v) is 6.60. The Morgan fingerprint density at radius 3 is 2.66 bits per heavy atom. The van der Waals surface area contributed by atoms with Crippen molar-refractivity contribution >= 4 is 46.7 Å². The summed E-state index contributed by atoms with van der Waals surface area (Å²) >= 11 is 3.39. The van der Waals surface area contributed by atoms with Crippen molar-refractivity contribution in [2.24, 2.45) is 11.5 Å². The Labute approximate surface area is 233 Å². The third kappa shape index (κ3) is 6.66. The molecule has 200 valence electrons. The zero-order chi connectivity index (χ0) is 27.2. The summed E-state index contributed by atoms with van der Waals surface area (Å²) in [4.78, 5) is 16.3. The number of rotatable bonds is 10. The normalized spacial score (nSPS) is 15.1. The van der Waals surface area contributed by atoms with E-state index in [1.165, 1.54) is 16.1 Å². The highest BCUT2D eigenvalue weighted by Gasteiger charge is 2.34. The third-order valence-corrected chi connectivity index (χ3v) is 8.76. The topological polar surface area (TPSA) is 106 Å². The zero-order valence-electron chi connectivity index (χ0n) is 22.2. The van der Waals surface area contributed by atoms with E-state index < -0.39 is 0 Å². The van der Waals surface area contributed by atoms with Crippen LogP contribution in [0.15, 0.2) is 82.1 Å². The molecule has 1 heterocycles. The number of methoxy groups -OCH3 is 1. The highest BCUT2D eigenvalue weighted by atomic mass is 32.2. The first-order chi connectivity index (χ1) is 18.3. The fourth-order valence-electron chi connectivity index (χ4n) is 4.31. The van der Waals surface area contributed by atoms with Crippen LogP contribution < -0.4 is 31.1 Å². The summed E-state index contributed by atoms with van der Waals surface area (Å²) in [5.74, 6) is 0.635.